The van der Waals surface area contributed by atoms with Crippen LogP contribution in [-0.4, -0.2) is 43.8 Å². The van der Waals surface area contributed by atoms with Crippen molar-refractivity contribution in [1.82, 2.24) is 10.2 Å². The minimum absolute atomic E-state index is 0.0337. The van der Waals surface area contributed by atoms with Crippen LogP contribution < -0.4 is 9.62 Å². The van der Waals surface area contributed by atoms with E-state index in [0.29, 0.717) is 22.0 Å². The van der Waals surface area contributed by atoms with E-state index in [0.717, 1.165) is 30.0 Å². The van der Waals surface area contributed by atoms with Crippen LogP contribution in [0.2, 0.25) is 10.0 Å². The highest BCUT2D eigenvalue weighted by Crippen LogP contribution is 2.28. The Morgan fingerprint density at radius 2 is 1.62 bits per heavy atom. The fraction of sp³-hybridized carbons (Fsp3) is 0.333. The summed E-state index contributed by atoms with van der Waals surface area (Å²) in [4.78, 5) is 29.1. The number of sulfonamides is 1. The smallest absolute Gasteiger partial charge is 0.264 e. The number of halogens is 2. The molecule has 1 aliphatic rings. The van der Waals surface area contributed by atoms with Crippen molar-refractivity contribution >= 4 is 50.7 Å². The second-order valence-corrected chi connectivity index (χ2v) is 12.5. The molecule has 0 aromatic heterocycles. The highest BCUT2D eigenvalue weighted by Gasteiger charge is 2.34. The van der Waals surface area contributed by atoms with Crippen LogP contribution >= 0.6 is 23.2 Å². The van der Waals surface area contributed by atoms with E-state index in [1.807, 2.05) is 13.0 Å². The summed E-state index contributed by atoms with van der Waals surface area (Å²) in [5.74, 6) is -0.789. The number of amides is 2. The van der Waals surface area contributed by atoms with Gasteiger partial charge in [-0.2, -0.15) is 0 Å². The number of rotatable bonds is 11. The first-order chi connectivity index (χ1) is 19.2. The zero-order valence-electron chi connectivity index (χ0n) is 22.3. The maximum Gasteiger partial charge on any atom is 0.264 e. The topological polar surface area (TPSA) is 86.8 Å². The van der Waals surface area contributed by atoms with E-state index >= 15 is 0 Å². The van der Waals surface area contributed by atoms with E-state index in [2.05, 4.69) is 5.32 Å². The van der Waals surface area contributed by atoms with Gasteiger partial charge in [-0.15, -0.1) is 0 Å². The summed E-state index contributed by atoms with van der Waals surface area (Å²) in [5, 5.41) is 3.88. The number of nitrogens with zero attached hydrogens (tertiary/aromatic N) is 2. The molecule has 3 aromatic rings. The van der Waals surface area contributed by atoms with Gasteiger partial charge in [0, 0.05) is 22.6 Å². The number of carbonyl (C=O) groups excluding carboxylic acids is 2. The molecule has 1 atom stereocenters. The molecule has 7 nitrogen and oxygen atoms in total. The summed E-state index contributed by atoms with van der Waals surface area (Å²) in [7, 11) is -4.15. The molecule has 1 N–H and O–H groups in total. The molecule has 0 aliphatic heterocycles. The first kappa shape index (κ1) is 29.9. The number of hydrogen-bond donors (Lipinski definition) is 1. The fourth-order valence-electron chi connectivity index (χ4n) is 4.98. The van der Waals surface area contributed by atoms with Gasteiger partial charge in [0.15, 0.2) is 0 Å². The number of benzene rings is 3. The van der Waals surface area contributed by atoms with Gasteiger partial charge in [0.05, 0.1) is 10.6 Å². The molecule has 1 saturated carbocycles. The van der Waals surface area contributed by atoms with Crippen LogP contribution in [0.4, 0.5) is 5.69 Å². The zero-order chi connectivity index (χ0) is 28.7. The van der Waals surface area contributed by atoms with Crippen LogP contribution in [-0.2, 0) is 26.2 Å². The Balaban J connectivity index is 1.71. The van der Waals surface area contributed by atoms with Crippen molar-refractivity contribution in [1.29, 1.82) is 0 Å². The minimum atomic E-state index is -4.15. The van der Waals surface area contributed by atoms with E-state index in [1.54, 1.807) is 54.6 Å². The van der Waals surface area contributed by atoms with Crippen LogP contribution in [0.3, 0.4) is 0 Å². The SMILES string of the molecule is CC[C@H](C(=O)NC1CCCC1)N(Cc1ccccc1Cl)C(=O)CN(c1cccc(Cl)c1)S(=O)(=O)c1ccccc1. The normalized spacial score (nSPS) is 14.5. The molecular weight excluding hydrogens is 569 g/mol. The van der Waals surface area contributed by atoms with Gasteiger partial charge in [-0.1, -0.05) is 85.4 Å². The van der Waals surface area contributed by atoms with Crippen LogP contribution in [0.25, 0.3) is 0 Å². The average Bonchev–Trinajstić information content (AvgIpc) is 3.46. The Kier molecular flexibility index (Phi) is 10.1. The quantitative estimate of drug-likeness (QED) is 0.289. The third-order valence-electron chi connectivity index (χ3n) is 7.09. The largest absolute Gasteiger partial charge is 0.352 e. The van der Waals surface area contributed by atoms with Crippen molar-refractivity contribution in [2.45, 2.75) is 62.6 Å². The van der Waals surface area contributed by atoms with Gasteiger partial charge >= 0.3 is 0 Å². The molecule has 212 valence electrons. The lowest BCUT2D eigenvalue weighted by Crippen LogP contribution is -2.53. The molecule has 0 radical (unpaired) electrons. The van der Waals surface area contributed by atoms with Gasteiger partial charge in [0.25, 0.3) is 10.0 Å². The second-order valence-electron chi connectivity index (χ2n) is 9.83. The summed E-state index contributed by atoms with van der Waals surface area (Å²) in [6, 6.07) is 20.6. The highest BCUT2D eigenvalue weighted by atomic mass is 35.5. The molecule has 0 heterocycles. The molecule has 0 spiro atoms. The minimum Gasteiger partial charge on any atom is -0.352 e. The maximum atomic E-state index is 14.1. The van der Waals surface area contributed by atoms with Crippen LogP contribution in [0.15, 0.2) is 83.8 Å². The molecule has 40 heavy (non-hydrogen) atoms. The predicted octanol–water partition coefficient (Wildman–Crippen LogP) is 6.05. The standard InChI is InChI=1S/C30H33Cl2N3O4S/c1-2-28(30(37)33-24-13-7-8-14-24)34(20-22-11-6-9-18-27(22)32)29(36)21-35(25-15-10-12-23(31)19-25)40(38,39)26-16-4-3-5-17-26/h3-6,9-12,15-19,24,28H,2,7-8,13-14,20-21H2,1H3,(H,33,37)/t28-/m1/s1. The summed E-state index contributed by atoms with van der Waals surface area (Å²) in [6.07, 6.45) is 4.25. The molecule has 4 rings (SSSR count). The first-order valence-electron chi connectivity index (χ1n) is 13.4. The van der Waals surface area contributed by atoms with Gasteiger partial charge < -0.3 is 10.2 Å². The van der Waals surface area contributed by atoms with Gasteiger partial charge in [0.2, 0.25) is 11.8 Å². The highest BCUT2D eigenvalue weighted by molar-refractivity contribution is 7.92. The molecule has 2 amide bonds. The number of anilines is 1. The molecule has 0 bridgehead atoms. The average molecular weight is 603 g/mol. The lowest BCUT2D eigenvalue weighted by molar-refractivity contribution is -0.140. The van der Waals surface area contributed by atoms with E-state index in [1.165, 1.54) is 23.1 Å². The Morgan fingerprint density at radius 1 is 0.950 bits per heavy atom. The molecular formula is C30H33Cl2N3O4S. The monoisotopic (exact) mass is 601 g/mol. The molecule has 3 aromatic carbocycles. The van der Waals surface area contributed by atoms with E-state index in [4.69, 9.17) is 23.2 Å². The third kappa shape index (κ3) is 7.16. The van der Waals surface area contributed by atoms with E-state index in [-0.39, 0.29) is 29.1 Å². The van der Waals surface area contributed by atoms with Gasteiger partial charge in [-0.3, -0.25) is 13.9 Å². The third-order valence-corrected chi connectivity index (χ3v) is 9.48. The van der Waals surface area contributed by atoms with Crippen molar-refractivity contribution in [3.8, 4) is 0 Å². The first-order valence-corrected chi connectivity index (χ1v) is 15.6. The Morgan fingerprint density at radius 3 is 2.27 bits per heavy atom. The molecule has 0 saturated heterocycles. The molecule has 1 fully saturated rings. The summed E-state index contributed by atoms with van der Waals surface area (Å²) in [5.41, 5.74) is 0.899. The predicted molar refractivity (Wildman–Crippen MR) is 159 cm³/mol. The number of carbonyl (C=O) groups is 2. The van der Waals surface area contributed by atoms with Gasteiger partial charge in [-0.05, 0) is 61.2 Å². The Labute approximate surface area is 246 Å². The Bertz CT molecular complexity index is 1430. The van der Waals surface area contributed by atoms with Gasteiger partial charge in [-0.25, -0.2) is 8.42 Å². The summed E-state index contributed by atoms with van der Waals surface area (Å²) in [6.45, 7) is 1.35. The Hall–Kier alpha value is -3.07. The van der Waals surface area contributed by atoms with Crippen LogP contribution in [0, 0.1) is 0 Å². The number of hydrogen-bond acceptors (Lipinski definition) is 4. The van der Waals surface area contributed by atoms with E-state index < -0.39 is 28.5 Å². The van der Waals surface area contributed by atoms with Crippen LogP contribution in [0.1, 0.15) is 44.6 Å². The van der Waals surface area contributed by atoms with Crippen molar-refractivity contribution in [2.24, 2.45) is 0 Å². The van der Waals surface area contributed by atoms with E-state index in [9.17, 15) is 18.0 Å². The van der Waals surface area contributed by atoms with Crippen LogP contribution in [0.5, 0.6) is 0 Å². The van der Waals surface area contributed by atoms with Gasteiger partial charge in [0.1, 0.15) is 12.6 Å². The van der Waals surface area contributed by atoms with Crippen molar-refractivity contribution < 1.29 is 18.0 Å². The van der Waals surface area contributed by atoms with Crippen molar-refractivity contribution in [2.75, 3.05) is 10.8 Å². The molecule has 0 unspecified atom stereocenters. The van der Waals surface area contributed by atoms with Crippen molar-refractivity contribution in [3.05, 3.63) is 94.5 Å². The second kappa shape index (κ2) is 13.5. The molecule has 10 heteroatoms. The fourth-order valence-corrected chi connectivity index (χ4v) is 6.78. The lowest BCUT2D eigenvalue weighted by atomic mass is 10.1. The molecule has 1 aliphatic carbocycles. The lowest BCUT2D eigenvalue weighted by Gasteiger charge is -2.34. The summed E-state index contributed by atoms with van der Waals surface area (Å²) >= 11 is 12.7. The maximum absolute atomic E-state index is 14.1. The van der Waals surface area contributed by atoms with Crippen molar-refractivity contribution in [3.63, 3.8) is 0 Å². The number of nitrogens with one attached hydrogen (secondary N) is 1. The summed E-state index contributed by atoms with van der Waals surface area (Å²) < 4.78 is 28.7. The zero-order valence-corrected chi connectivity index (χ0v) is 24.6.